The molecule has 0 spiro atoms. The number of carboxylic acids is 1. The number of nitrogens with one attached hydrogen (secondary N) is 4. The van der Waals surface area contributed by atoms with Gasteiger partial charge in [0.1, 0.15) is 23.9 Å². The normalized spacial score (nSPS) is 13.0. The molecule has 0 bridgehead atoms. The van der Waals surface area contributed by atoms with Gasteiger partial charge >= 0.3 is 5.97 Å². The number of hydrogen-bond acceptors (Lipinski definition) is 8. The lowest BCUT2D eigenvalue weighted by molar-refractivity contribution is -0.142. The average molecular weight is 900 g/mol. The van der Waals surface area contributed by atoms with Crippen molar-refractivity contribution in [2.45, 2.75) is 121 Å². The number of aliphatic carboxylic acids is 1. The van der Waals surface area contributed by atoms with Crippen LogP contribution in [0.3, 0.4) is 0 Å². The molecule has 0 aliphatic carbocycles. The SMILES string of the molecule is CCCCCCCC(=O)NCCCC[C@H](NC(=O)[C@H](N)Cc1cn(C(c2ccccc2)c2ccccc2)cn1)C(=O)N[C@H](Cc1ccc(C)cc1)C(=O)N[C@@H](Cc1ccc(O)cc1)C(=O)O. The first-order valence-electron chi connectivity index (χ1n) is 23.0. The number of benzene rings is 4. The zero-order valence-electron chi connectivity index (χ0n) is 38.0. The maximum atomic E-state index is 14.3. The van der Waals surface area contributed by atoms with E-state index in [-0.39, 0.29) is 43.4 Å². The molecular formula is C52H65N7O7. The van der Waals surface area contributed by atoms with Gasteiger partial charge in [0.25, 0.3) is 0 Å². The molecule has 0 radical (unpaired) electrons. The van der Waals surface area contributed by atoms with Crippen molar-refractivity contribution in [2.75, 3.05) is 6.54 Å². The van der Waals surface area contributed by atoms with Crippen LogP contribution in [0.25, 0.3) is 0 Å². The third-order valence-electron chi connectivity index (χ3n) is 11.5. The van der Waals surface area contributed by atoms with Gasteiger partial charge in [-0.15, -0.1) is 0 Å². The molecule has 0 saturated heterocycles. The van der Waals surface area contributed by atoms with Crippen LogP contribution in [0.5, 0.6) is 5.75 Å². The van der Waals surface area contributed by atoms with Gasteiger partial charge in [-0.05, 0) is 67.0 Å². The highest BCUT2D eigenvalue weighted by molar-refractivity contribution is 5.94. The molecule has 5 rings (SSSR count). The largest absolute Gasteiger partial charge is 0.508 e. The number of phenols is 1. The number of phenolic OH excluding ortho intramolecular Hbond substituents is 1. The van der Waals surface area contributed by atoms with E-state index in [1.54, 1.807) is 18.5 Å². The summed E-state index contributed by atoms with van der Waals surface area (Å²) in [6, 6.07) is 28.4. The lowest BCUT2D eigenvalue weighted by atomic mass is 9.98. The van der Waals surface area contributed by atoms with Gasteiger partial charge < -0.3 is 41.8 Å². The van der Waals surface area contributed by atoms with E-state index >= 15 is 0 Å². The van der Waals surface area contributed by atoms with E-state index in [0.29, 0.717) is 37.1 Å². The molecule has 1 aromatic heterocycles. The molecule has 4 amide bonds. The summed E-state index contributed by atoms with van der Waals surface area (Å²) in [5.41, 5.74) is 11.5. The van der Waals surface area contributed by atoms with Crippen LogP contribution in [0.2, 0.25) is 0 Å². The van der Waals surface area contributed by atoms with Crippen LogP contribution in [-0.4, -0.2) is 80.1 Å². The van der Waals surface area contributed by atoms with Crippen molar-refractivity contribution in [3.05, 3.63) is 155 Å². The molecule has 350 valence electrons. The number of hydrogen-bond donors (Lipinski definition) is 7. The molecule has 14 heteroatoms. The highest BCUT2D eigenvalue weighted by atomic mass is 16.4. The standard InChI is InChI=1S/C52H65N7O7/c1-3-4-5-6-13-21-47(61)54-30-15-14-20-44(56-49(62)43(53)33-41-34-59(35-55-41)48(39-16-9-7-10-17-39)40-18-11-8-12-19-40)50(63)57-45(31-37-24-22-36(2)23-25-37)51(64)58-46(52(65)66)32-38-26-28-42(60)29-27-38/h7-12,16-19,22-29,34-35,43-46,48,60H,3-6,13-15,20-21,30-33,53H2,1-2H3,(H,54,61)(H,56,62)(H,57,63)(H,58,64)(H,65,66)/t43-,44+,45-,46+/m1/s1. The minimum atomic E-state index is -1.35. The first-order chi connectivity index (χ1) is 31.9. The number of carbonyl (C=O) groups is 5. The number of aromatic hydroxyl groups is 1. The average Bonchev–Trinajstić information content (AvgIpc) is 3.77. The van der Waals surface area contributed by atoms with E-state index in [9.17, 15) is 34.2 Å². The first kappa shape index (κ1) is 50.2. The number of nitrogens with zero attached hydrogens (tertiary/aromatic N) is 2. The fourth-order valence-corrected chi connectivity index (χ4v) is 7.76. The first-order valence-corrected chi connectivity index (χ1v) is 23.0. The number of aromatic nitrogens is 2. The second-order valence-corrected chi connectivity index (χ2v) is 16.9. The Morgan fingerprint density at radius 2 is 1.21 bits per heavy atom. The number of unbranched alkanes of at least 4 members (excludes halogenated alkanes) is 5. The van der Waals surface area contributed by atoms with Gasteiger partial charge in [0, 0.05) is 38.4 Å². The highest BCUT2D eigenvalue weighted by Gasteiger charge is 2.31. The molecule has 4 aromatic carbocycles. The van der Waals surface area contributed by atoms with E-state index in [0.717, 1.165) is 54.4 Å². The number of imidazole rings is 1. The summed E-state index contributed by atoms with van der Waals surface area (Å²) in [4.78, 5) is 71.7. The molecular weight excluding hydrogens is 835 g/mol. The maximum Gasteiger partial charge on any atom is 0.326 e. The molecule has 4 atom stereocenters. The quantitative estimate of drug-likeness (QED) is 0.0304. The topological polar surface area (TPSA) is 218 Å². The Labute approximate surface area is 387 Å². The van der Waals surface area contributed by atoms with Crippen LogP contribution in [-0.2, 0) is 43.2 Å². The van der Waals surface area contributed by atoms with Gasteiger partial charge in [-0.3, -0.25) is 19.2 Å². The third-order valence-corrected chi connectivity index (χ3v) is 11.5. The van der Waals surface area contributed by atoms with Crippen LogP contribution in [0, 0.1) is 6.92 Å². The molecule has 5 aromatic rings. The molecule has 0 unspecified atom stereocenters. The number of carboxylic acid groups (broad SMARTS) is 1. The zero-order valence-corrected chi connectivity index (χ0v) is 38.0. The van der Waals surface area contributed by atoms with Crippen molar-refractivity contribution in [1.82, 2.24) is 30.8 Å². The second kappa shape index (κ2) is 26.2. The summed E-state index contributed by atoms with van der Waals surface area (Å²) in [6.07, 6.45) is 10.4. The lowest BCUT2D eigenvalue weighted by Gasteiger charge is -2.25. The van der Waals surface area contributed by atoms with Crippen molar-refractivity contribution in [3.63, 3.8) is 0 Å². The minimum absolute atomic E-state index is 0.0163. The van der Waals surface area contributed by atoms with Gasteiger partial charge in [-0.25, -0.2) is 9.78 Å². The fraction of sp³-hybridized carbons (Fsp3) is 0.385. The van der Waals surface area contributed by atoms with Crippen LogP contribution in [0.15, 0.2) is 122 Å². The van der Waals surface area contributed by atoms with Crippen LogP contribution >= 0.6 is 0 Å². The molecule has 0 fully saturated rings. The van der Waals surface area contributed by atoms with E-state index in [4.69, 9.17) is 5.73 Å². The Hall–Kier alpha value is -6.80. The third kappa shape index (κ3) is 16.3. The zero-order chi connectivity index (χ0) is 47.3. The Balaban J connectivity index is 1.30. The number of aryl methyl sites for hydroxylation is 1. The second-order valence-electron chi connectivity index (χ2n) is 16.9. The number of carbonyl (C=O) groups excluding carboxylic acids is 4. The molecule has 0 saturated carbocycles. The Bertz CT molecular complexity index is 2250. The molecule has 0 aliphatic rings. The minimum Gasteiger partial charge on any atom is -0.508 e. The number of nitrogens with two attached hydrogens (primary N) is 1. The Kier molecular flexibility index (Phi) is 20.0. The number of rotatable bonds is 27. The van der Waals surface area contributed by atoms with Crippen LogP contribution in [0.4, 0.5) is 0 Å². The summed E-state index contributed by atoms with van der Waals surface area (Å²) >= 11 is 0. The molecule has 0 aliphatic heterocycles. The molecule has 8 N–H and O–H groups in total. The molecule has 14 nitrogen and oxygen atoms in total. The van der Waals surface area contributed by atoms with Gasteiger partial charge in [0.2, 0.25) is 23.6 Å². The van der Waals surface area contributed by atoms with Crippen molar-refractivity contribution in [1.29, 1.82) is 0 Å². The van der Waals surface area contributed by atoms with Crippen molar-refractivity contribution in [2.24, 2.45) is 5.73 Å². The van der Waals surface area contributed by atoms with E-state index in [1.807, 2.05) is 103 Å². The highest BCUT2D eigenvalue weighted by Crippen LogP contribution is 2.27. The summed E-state index contributed by atoms with van der Waals surface area (Å²) in [7, 11) is 0. The van der Waals surface area contributed by atoms with Gasteiger partial charge in [0.05, 0.1) is 24.1 Å². The molecule has 66 heavy (non-hydrogen) atoms. The Morgan fingerprint density at radius 3 is 1.83 bits per heavy atom. The lowest BCUT2D eigenvalue weighted by Crippen LogP contribution is -2.58. The van der Waals surface area contributed by atoms with Crippen molar-refractivity contribution >= 4 is 29.6 Å². The van der Waals surface area contributed by atoms with E-state index in [2.05, 4.69) is 33.2 Å². The van der Waals surface area contributed by atoms with Gasteiger partial charge in [-0.1, -0.05) is 135 Å². The van der Waals surface area contributed by atoms with Crippen LogP contribution < -0.4 is 27.0 Å². The summed E-state index contributed by atoms with van der Waals surface area (Å²) < 4.78 is 1.98. The smallest absolute Gasteiger partial charge is 0.326 e. The monoisotopic (exact) mass is 899 g/mol. The van der Waals surface area contributed by atoms with Crippen molar-refractivity contribution in [3.8, 4) is 5.75 Å². The van der Waals surface area contributed by atoms with E-state index in [1.165, 1.54) is 12.1 Å². The predicted molar refractivity (Wildman–Crippen MR) is 254 cm³/mol. The molecule has 1 heterocycles. The fourth-order valence-electron chi connectivity index (χ4n) is 7.76. The predicted octanol–water partition coefficient (Wildman–Crippen LogP) is 6.08. The maximum absolute atomic E-state index is 14.3. The number of amides is 4. The van der Waals surface area contributed by atoms with Crippen molar-refractivity contribution < 1.29 is 34.2 Å². The van der Waals surface area contributed by atoms with Crippen LogP contribution in [0.1, 0.15) is 104 Å². The summed E-state index contributed by atoms with van der Waals surface area (Å²) in [5.74, 6) is -3.27. The summed E-state index contributed by atoms with van der Waals surface area (Å²) in [5, 5.41) is 31.0. The van der Waals surface area contributed by atoms with Gasteiger partial charge in [-0.2, -0.15) is 0 Å². The summed E-state index contributed by atoms with van der Waals surface area (Å²) in [6.45, 7) is 4.46. The van der Waals surface area contributed by atoms with E-state index < -0.39 is 47.9 Å². The Morgan fingerprint density at radius 1 is 0.652 bits per heavy atom. The van der Waals surface area contributed by atoms with Gasteiger partial charge in [0.15, 0.2) is 0 Å².